The number of aromatic nitrogens is 1. The Morgan fingerprint density at radius 2 is 1.79 bits per heavy atom. The Balaban J connectivity index is 2.19. The van der Waals surface area contributed by atoms with Crippen molar-refractivity contribution in [1.29, 1.82) is 0 Å². The molecule has 98 valence electrons. The van der Waals surface area contributed by atoms with E-state index in [1.54, 1.807) is 24.5 Å². The van der Waals surface area contributed by atoms with Crippen LogP contribution in [0, 0.1) is 11.6 Å². The fraction of sp³-hybridized carbons (Fsp3) is 0.0769. The van der Waals surface area contributed by atoms with Crippen LogP contribution in [0.25, 0.3) is 0 Å². The average Bonchev–Trinajstić information content (AvgIpc) is 2.38. The lowest BCUT2D eigenvalue weighted by Crippen LogP contribution is -2.06. The smallest absolute Gasteiger partial charge is 0.335 e. The molecule has 2 aromatic rings. The first kappa shape index (κ1) is 12.9. The number of hydrogen-bond acceptors (Lipinski definition) is 3. The minimum absolute atomic E-state index is 0.211. The van der Waals surface area contributed by atoms with Crippen LogP contribution in [0.2, 0.25) is 0 Å². The van der Waals surface area contributed by atoms with E-state index in [-0.39, 0.29) is 12.2 Å². The van der Waals surface area contributed by atoms with Crippen LogP contribution in [0.15, 0.2) is 36.7 Å². The summed E-state index contributed by atoms with van der Waals surface area (Å²) in [5.74, 6) is -3.25. The van der Waals surface area contributed by atoms with Gasteiger partial charge in [0.05, 0.1) is 5.56 Å². The van der Waals surface area contributed by atoms with Gasteiger partial charge in [-0.2, -0.15) is 0 Å². The third-order valence-corrected chi connectivity index (χ3v) is 2.51. The van der Waals surface area contributed by atoms with Crippen molar-refractivity contribution < 1.29 is 18.7 Å². The molecule has 0 bridgehead atoms. The molecule has 2 N–H and O–H groups in total. The molecule has 0 amide bonds. The second kappa shape index (κ2) is 5.43. The van der Waals surface area contributed by atoms with Crippen LogP contribution in [-0.4, -0.2) is 16.1 Å². The van der Waals surface area contributed by atoms with Gasteiger partial charge in [-0.05, 0) is 29.8 Å². The van der Waals surface area contributed by atoms with Crippen molar-refractivity contribution in [3.63, 3.8) is 0 Å². The zero-order valence-corrected chi connectivity index (χ0v) is 9.73. The number of nitrogens with one attached hydrogen (secondary N) is 1. The molecule has 0 aliphatic carbocycles. The number of benzene rings is 1. The van der Waals surface area contributed by atoms with Crippen molar-refractivity contribution >= 4 is 11.7 Å². The third-order valence-electron chi connectivity index (χ3n) is 2.51. The molecule has 19 heavy (non-hydrogen) atoms. The number of anilines is 1. The van der Waals surface area contributed by atoms with E-state index in [1.165, 1.54) is 0 Å². The van der Waals surface area contributed by atoms with Crippen LogP contribution in [0.5, 0.6) is 0 Å². The number of aromatic carboxylic acids is 1. The maximum Gasteiger partial charge on any atom is 0.335 e. The summed E-state index contributed by atoms with van der Waals surface area (Å²) in [5, 5.41) is 11.3. The molecule has 0 saturated carbocycles. The van der Waals surface area contributed by atoms with Gasteiger partial charge in [0, 0.05) is 18.9 Å². The van der Waals surface area contributed by atoms with Crippen molar-refractivity contribution in [1.82, 2.24) is 4.98 Å². The highest BCUT2D eigenvalue weighted by atomic mass is 19.1. The highest BCUT2D eigenvalue weighted by Crippen LogP contribution is 2.21. The van der Waals surface area contributed by atoms with E-state index in [0.717, 1.165) is 17.7 Å². The van der Waals surface area contributed by atoms with Crippen LogP contribution in [0.1, 0.15) is 15.9 Å². The monoisotopic (exact) mass is 264 g/mol. The topological polar surface area (TPSA) is 62.2 Å². The zero-order chi connectivity index (χ0) is 13.8. The molecule has 0 fully saturated rings. The number of halogens is 2. The highest BCUT2D eigenvalue weighted by molar-refractivity contribution is 5.88. The molecule has 0 unspecified atom stereocenters. The molecule has 0 spiro atoms. The van der Waals surface area contributed by atoms with Gasteiger partial charge in [0.25, 0.3) is 0 Å². The summed E-state index contributed by atoms with van der Waals surface area (Å²) in [6, 6.07) is 4.96. The Labute approximate surface area is 107 Å². The first-order valence-corrected chi connectivity index (χ1v) is 5.43. The normalized spacial score (nSPS) is 10.2. The summed E-state index contributed by atoms with van der Waals surface area (Å²) in [5.41, 5.74) is 0.0300. The number of pyridine rings is 1. The molecule has 4 nitrogen and oxygen atoms in total. The molecule has 0 aliphatic heterocycles. The largest absolute Gasteiger partial charge is 0.478 e. The van der Waals surface area contributed by atoms with Crippen molar-refractivity contribution in [2.24, 2.45) is 0 Å². The van der Waals surface area contributed by atoms with Gasteiger partial charge in [-0.25, -0.2) is 13.6 Å². The number of nitrogens with zero attached hydrogens (tertiary/aromatic N) is 1. The zero-order valence-electron chi connectivity index (χ0n) is 9.73. The molecule has 0 atom stereocenters. The summed E-state index contributed by atoms with van der Waals surface area (Å²) >= 11 is 0. The van der Waals surface area contributed by atoms with Crippen molar-refractivity contribution in [2.45, 2.75) is 6.54 Å². The van der Waals surface area contributed by atoms with E-state index in [4.69, 9.17) is 5.11 Å². The van der Waals surface area contributed by atoms with E-state index in [1.807, 2.05) is 0 Å². The van der Waals surface area contributed by atoms with E-state index in [0.29, 0.717) is 0 Å². The van der Waals surface area contributed by atoms with Crippen molar-refractivity contribution in [3.8, 4) is 0 Å². The molecule has 0 radical (unpaired) electrons. The Morgan fingerprint density at radius 1 is 1.21 bits per heavy atom. The number of carboxylic acids is 1. The van der Waals surface area contributed by atoms with Crippen molar-refractivity contribution in [3.05, 3.63) is 59.4 Å². The molecule has 1 aromatic heterocycles. The molecule has 0 aliphatic rings. The van der Waals surface area contributed by atoms with E-state index >= 15 is 0 Å². The second-order valence-electron chi connectivity index (χ2n) is 3.83. The van der Waals surface area contributed by atoms with Gasteiger partial charge >= 0.3 is 5.97 Å². The maximum atomic E-state index is 13.6. The van der Waals surface area contributed by atoms with Crippen LogP contribution in [0.3, 0.4) is 0 Å². The van der Waals surface area contributed by atoms with Crippen LogP contribution >= 0.6 is 0 Å². The Morgan fingerprint density at radius 3 is 2.32 bits per heavy atom. The van der Waals surface area contributed by atoms with Crippen LogP contribution in [0.4, 0.5) is 14.5 Å². The Hall–Kier alpha value is -2.50. The number of carboxylic acid groups (broad SMARTS) is 1. The highest BCUT2D eigenvalue weighted by Gasteiger charge is 2.14. The molecule has 2 rings (SSSR count). The number of rotatable bonds is 4. The molecule has 1 heterocycles. The van der Waals surface area contributed by atoms with Gasteiger partial charge in [-0.15, -0.1) is 0 Å². The summed E-state index contributed by atoms with van der Waals surface area (Å²) in [6.07, 6.45) is 3.13. The van der Waals surface area contributed by atoms with E-state index < -0.39 is 23.2 Å². The van der Waals surface area contributed by atoms with E-state index in [9.17, 15) is 13.6 Å². The molecule has 0 saturated heterocycles. The lowest BCUT2D eigenvalue weighted by molar-refractivity contribution is 0.0696. The summed E-state index contributed by atoms with van der Waals surface area (Å²) in [6.45, 7) is 0.211. The number of carbonyl (C=O) groups is 1. The number of hydrogen-bond donors (Lipinski definition) is 2. The first-order chi connectivity index (χ1) is 9.08. The lowest BCUT2D eigenvalue weighted by Gasteiger charge is -2.09. The molecular weight excluding hydrogens is 254 g/mol. The first-order valence-electron chi connectivity index (χ1n) is 5.43. The fourth-order valence-corrected chi connectivity index (χ4v) is 1.56. The van der Waals surface area contributed by atoms with Gasteiger partial charge in [-0.1, -0.05) is 0 Å². The van der Waals surface area contributed by atoms with Crippen LogP contribution < -0.4 is 5.32 Å². The predicted octanol–water partition coefficient (Wildman–Crippen LogP) is 2.67. The van der Waals surface area contributed by atoms with E-state index in [2.05, 4.69) is 10.3 Å². The SMILES string of the molecule is O=C(O)c1cc(F)c(NCc2ccncc2)c(F)c1. The van der Waals surface area contributed by atoms with Gasteiger partial charge in [-0.3, -0.25) is 4.98 Å². The summed E-state index contributed by atoms with van der Waals surface area (Å²) in [4.78, 5) is 14.5. The van der Waals surface area contributed by atoms with Gasteiger partial charge < -0.3 is 10.4 Å². The minimum atomic E-state index is -1.38. The molecule has 1 aromatic carbocycles. The van der Waals surface area contributed by atoms with Gasteiger partial charge in [0.15, 0.2) is 0 Å². The van der Waals surface area contributed by atoms with Crippen molar-refractivity contribution in [2.75, 3.05) is 5.32 Å². The second-order valence-corrected chi connectivity index (χ2v) is 3.83. The summed E-state index contributed by atoms with van der Waals surface area (Å²) < 4.78 is 27.2. The van der Waals surface area contributed by atoms with Gasteiger partial charge in [0.2, 0.25) is 0 Å². The summed E-state index contributed by atoms with van der Waals surface area (Å²) in [7, 11) is 0. The third kappa shape index (κ3) is 3.04. The quantitative estimate of drug-likeness (QED) is 0.891. The maximum absolute atomic E-state index is 13.6. The molecule has 6 heteroatoms. The molecular formula is C13H10F2N2O2. The average molecular weight is 264 g/mol. The van der Waals surface area contributed by atoms with Gasteiger partial charge in [0.1, 0.15) is 17.3 Å². The minimum Gasteiger partial charge on any atom is -0.478 e. The standard InChI is InChI=1S/C13H10F2N2O2/c14-10-5-9(13(18)19)6-11(15)12(10)17-7-8-1-3-16-4-2-8/h1-6,17H,7H2,(H,18,19). The van der Waals surface area contributed by atoms with Crippen LogP contribution in [-0.2, 0) is 6.54 Å². The Bertz CT molecular complexity index is 580. The fourth-order valence-electron chi connectivity index (χ4n) is 1.56. The lowest BCUT2D eigenvalue weighted by atomic mass is 10.1. The predicted molar refractivity (Wildman–Crippen MR) is 64.9 cm³/mol. The Kier molecular flexibility index (Phi) is 3.70.